The summed E-state index contributed by atoms with van der Waals surface area (Å²) < 4.78 is 15.7. The molecule has 1 aromatic rings. The van der Waals surface area contributed by atoms with Crippen LogP contribution >= 0.6 is 0 Å². The minimum Gasteiger partial charge on any atom is -0.454 e. The molecule has 1 saturated heterocycles. The lowest BCUT2D eigenvalue weighted by Crippen LogP contribution is -2.49. The SMILES string of the molecule is COCCNC(=O)CN1CCN(Cc2ccc3c(c2)OCO3)CC1. The maximum atomic E-state index is 11.8. The Balaban J connectivity index is 1.40. The Morgan fingerprint density at radius 3 is 2.71 bits per heavy atom. The molecule has 7 heteroatoms. The molecule has 3 rings (SSSR count). The van der Waals surface area contributed by atoms with Gasteiger partial charge in [-0.15, -0.1) is 0 Å². The molecule has 24 heavy (non-hydrogen) atoms. The zero-order valence-corrected chi connectivity index (χ0v) is 14.1. The van der Waals surface area contributed by atoms with Gasteiger partial charge in [0.25, 0.3) is 0 Å². The van der Waals surface area contributed by atoms with Gasteiger partial charge in [-0.2, -0.15) is 0 Å². The third-order valence-electron chi connectivity index (χ3n) is 4.30. The average Bonchev–Trinajstić information content (AvgIpc) is 3.05. The first kappa shape index (κ1) is 17.0. The van der Waals surface area contributed by atoms with E-state index in [-0.39, 0.29) is 5.91 Å². The van der Waals surface area contributed by atoms with Gasteiger partial charge in [0.15, 0.2) is 11.5 Å². The zero-order chi connectivity index (χ0) is 16.8. The van der Waals surface area contributed by atoms with E-state index in [1.165, 1.54) is 5.56 Å². The van der Waals surface area contributed by atoms with Crippen LogP contribution < -0.4 is 14.8 Å². The van der Waals surface area contributed by atoms with E-state index in [4.69, 9.17) is 14.2 Å². The smallest absolute Gasteiger partial charge is 0.234 e. The number of rotatable bonds is 7. The van der Waals surface area contributed by atoms with Crippen molar-refractivity contribution < 1.29 is 19.0 Å². The molecule has 7 nitrogen and oxygen atoms in total. The summed E-state index contributed by atoms with van der Waals surface area (Å²) in [6.07, 6.45) is 0. The normalized spacial score (nSPS) is 17.9. The quantitative estimate of drug-likeness (QED) is 0.723. The summed E-state index contributed by atoms with van der Waals surface area (Å²) in [7, 11) is 1.63. The molecule has 1 fully saturated rings. The number of nitrogens with zero attached hydrogens (tertiary/aromatic N) is 2. The Kier molecular flexibility index (Phi) is 5.90. The number of benzene rings is 1. The second-order valence-corrected chi connectivity index (χ2v) is 6.08. The number of carbonyl (C=O) groups is 1. The molecule has 0 bridgehead atoms. The highest BCUT2D eigenvalue weighted by Crippen LogP contribution is 2.32. The molecule has 1 aromatic carbocycles. The van der Waals surface area contributed by atoms with Crippen molar-refractivity contribution in [2.24, 2.45) is 0 Å². The van der Waals surface area contributed by atoms with Crippen LogP contribution in [0.25, 0.3) is 0 Å². The number of ether oxygens (including phenoxy) is 3. The first-order chi connectivity index (χ1) is 11.7. The van der Waals surface area contributed by atoms with E-state index < -0.39 is 0 Å². The van der Waals surface area contributed by atoms with Crippen molar-refractivity contribution in [3.63, 3.8) is 0 Å². The Labute approximate surface area is 142 Å². The van der Waals surface area contributed by atoms with Crippen molar-refractivity contribution in [1.29, 1.82) is 0 Å². The van der Waals surface area contributed by atoms with E-state index in [1.54, 1.807) is 7.11 Å². The first-order valence-corrected chi connectivity index (χ1v) is 8.33. The lowest BCUT2D eigenvalue weighted by atomic mass is 10.1. The van der Waals surface area contributed by atoms with Gasteiger partial charge in [0.05, 0.1) is 13.2 Å². The van der Waals surface area contributed by atoms with Crippen LogP contribution in [0.5, 0.6) is 11.5 Å². The van der Waals surface area contributed by atoms with E-state index >= 15 is 0 Å². The fraction of sp³-hybridized carbons (Fsp3) is 0.588. The van der Waals surface area contributed by atoms with Crippen LogP contribution in [0.15, 0.2) is 18.2 Å². The minimum atomic E-state index is 0.0660. The van der Waals surface area contributed by atoms with Crippen LogP contribution in [0.3, 0.4) is 0 Å². The summed E-state index contributed by atoms with van der Waals surface area (Å²) in [5.74, 6) is 1.72. The third-order valence-corrected chi connectivity index (χ3v) is 4.30. The van der Waals surface area contributed by atoms with Crippen LogP contribution in [-0.2, 0) is 16.1 Å². The topological polar surface area (TPSA) is 63.3 Å². The van der Waals surface area contributed by atoms with Gasteiger partial charge in [0.2, 0.25) is 12.7 Å². The average molecular weight is 335 g/mol. The van der Waals surface area contributed by atoms with Crippen molar-refractivity contribution in [2.45, 2.75) is 6.54 Å². The van der Waals surface area contributed by atoms with Gasteiger partial charge in [-0.1, -0.05) is 6.07 Å². The van der Waals surface area contributed by atoms with Crippen LogP contribution in [-0.4, -0.2) is 75.5 Å². The fourth-order valence-corrected chi connectivity index (χ4v) is 2.95. The summed E-state index contributed by atoms with van der Waals surface area (Å²) in [5, 5.41) is 2.86. The first-order valence-electron chi connectivity index (χ1n) is 8.33. The van der Waals surface area contributed by atoms with Crippen LogP contribution in [0.1, 0.15) is 5.56 Å². The van der Waals surface area contributed by atoms with Crippen molar-refractivity contribution in [3.8, 4) is 11.5 Å². The predicted molar refractivity (Wildman–Crippen MR) is 89.2 cm³/mol. The molecule has 1 N–H and O–H groups in total. The fourth-order valence-electron chi connectivity index (χ4n) is 2.95. The maximum absolute atomic E-state index is 11.8. The summed E-state index contributed by atoms with van der Waals surface area (Å²) in [5.41, 5.74) is 1.23. The maximum Gasteiger partial charge on any atom is 0.234 e. The summed E-state index contributed by atoms with van der Waals surface area (Å²) in [6.45, 7) is 6.51. The molecular formula is C17H25N3O4. The molecule has 0 atom stereocenters. The second-order valence-electron chi connectivity index (χ2n) is 6.08. The van der Waals surface area contributed by atoms with Crippen LogP contribution in [0, 0.1) is 0 Å². The lowest BCUT2D eigenvalue weighted by molar-refractivity contribution is -0.122. The summed E-state index contributed by atoms with van der Waals surface area (Å²) >= 11 is 0. The number of hydrogen-bond acceptors (Lipinski definition) is 6. The van der Waals surface area contributed by atoms with Gasteiger partial charge in [-0.3, -0.25) is 14.6 Å². The van der Waals surface area contributed by atoms with Gasteiger partial charge in [0, 0.05) is 46.4 Å². The molecule has 2 aliphatic heterocycles. The number of carbonyl (C=O) groups excluding carboxylic acids is 1. The Hall–Kier alpha value is -1.83. The molecule has 0 unspecified atom stereocenters. The number of fused-ring (bicyclic) bond motifs is 1. The highest BCUT2D eigenvalue weighted by molar-refractivity contribution is 5.78. The molecule has 0 spiro atoms. The number of nitrogens with one attached hydrogen (secondary N) is 1. The van der Waals surface area contributed by atoms with Crippen LogP contribution in [0.4, 0.5) is 0 Å². The molecule has 0 radical (unpaired) electrons. The van der Waals surface area contributed by atoms with Crippen LogP contribution in [0.2, 0.25) is 0 Å². The van der Waals surface area contributed by atoms with Gasteiger partial charge >= 0.3 is 0 Å². The Morgan fingerprint density at radius 2 is 1.92 bits per heavy atom. The molecular weight excluding hydrogens is 310 g/mol. The van der Waals surface area contributed by atoms with E-state index in [1.807, 2.05) is 6.07 Å². The number of piperazine rings is 1. The molecule has 132 valence electrons. The van der Waals surface area contributed by atoms with E-state index in [0.717, 1.165) is 44.2 Å². The zero-order valence-electron chi connectivity index (χ0n) is 14.1. The van der Waals surface area contributed by atoms with Gasteiger partial charge in [0.1, 0.15) is 0 Å². The van der Waals surface area contributed by atoms with Crippen molar-refractivity contribution in [2.75, 3.05) is 59.8 Å². The molecule has 0 aromatic heterocycles. The van der Waals surface area contributed by atoms with Crippen molar-refractivity contribution in [1.82, 2.24) is 15.1 Å². The number of methoxy groups -OCH3 is 1. The van der Waals surface area contributed by atoms with Crippen molar-refractivity contribution in [3.05, 3.63) is 23.8 Å². The highest BCUT2D eigenvalue weighted by atomic mass is 16.7. The standard InChI is InChI=1S/C17H25N3O4/c1-22-9-4-18-17(21)12-20-7-5-19(6-8-20)11-14-2-3-15-16(10-14)24-13-23-15/h2-3,10H,4-9,11-13H2,1H3,(H,18,21). The third kappa shape index (κ3) is 4.59. The van der Waals surface area contributed by atoms with Gasteiger partial charge < -0.3 is 19.5 Å². The Bertz CT molecular complexity index is 559. The Morgan fingerprint density at radius 1 is 1.17 bits per heavy atom. The second kappa shape index (κ2) is 8.32. The molecule has 0 aliphatic carbocycles. The lowest BCUT2D eigenvalue weighted by Gasteiger charge is -2.34. The van der Waals surface area contributed by atoms with E-state index in [9.17, 15) is 4.79 Å². The molecule has 2 aliphatic rings. The monoisotopic (exact) mass is 335 g/mol. The van der Waals surface area contributed by atoms with E-state index in [2.05, 4.69) is 27.2 Å². The molecule has 1 amide bonds. The molecule has 2 heterocycles. The van der Waals surface area contributed by atoms with E-state index in [0.29, 0.717) is 26.5 Å². The largest absolute Gasteiger partial charge is 0.454 e. The minimum absolute atomic E-state index is 0.0660. The van der Waals surface area contributed by atoms with Gasteiger partial charge in [-0.05, 0) is 17.7 Å². The predicted octanol–water partition coefficient (Wildman–Crippen LogP) is 0.296. The number of amides is 1. The summed E-state index contributed by atoms with van der Waals surface area (Å²) in [4.78, 5) is 16.4. The highest BCUT2D eigenvalue weighted by Gasteiger charge is 2.20. The number of hydrogen-bond donors (Lipinski definition) is 1. The van der Waals surface area contributed by atoms with Crippen molar-refractivity contribution >= 4 is 5.91 Å². The van der Waals surface area contributed by atoms with Gasteiger partial charge in [-0.25, -0.2) is 0 Å². The summed E-state index contributed by atoms with van der Waals surface area (Å²) in [6, 6.07) is 6.11. The molecule has 0 saturated carbocycles.